The van der Waals surface area contributed by atoms with E-state index in [0.717, 1.165) is 10.4 Å². The third kappa shape index (κ3) is 2.60. The van der Waals surface area contributed by atoms with Crippen LogP contribution in [0.25, 0.3) is 11.5 Å². The Balaban J connectivity index is 1.82. The van der Waals surface area contributed by atoms with Crippen molar-refractivity contribution >= 4 is 26.4 Å². The fourth-order valence-electron chi connectivity index (χ4n) is 2.50. The summed E-state index contributed by atoms with van der Waals surface area (Å²) in [6.45, 7) is 2.71. The number of hydrogen-bond acceptors (Lipinski definition) is 8. The van der Waals surface area contributed by atoms with Crippen LogP contribution < -0.4 is 4.72 Å². The van der Waals surface area contributed by atoms with Gasteiger partial charge in [0, 0.05) is 4.88 Å². The first-order valence-corrected chi connectivity index (χ1v) is 9.39. The summed E-state index contributed by atoms with van der Waals surface area (Å²) in [5.41, 5.74) is 1.61. The minimum absolute atomic E-state index is 0.0159. The summed E-state index contributed by atoms with van der Waals surface area (Å²) in [4.78, 5) is 11.5. The van der Waals surface area contributed by atoms with E-state index < -0.39 is 10.0 Å². The largest absolute Gasteiger partial charge is 0.376 e. The van der Waals surface area contributed by atoms with Crippen molar-refractivity contribution in [2.75, 3.05) is 11.3 Å². The molecule has 0 atom stereocenters. The van der Waals surface area contributed by atoms with Crippen LogP contribution in [0.2, 0.25) is 0 Å². The number of thiophene rings is 1. The maximum atomic E-state index is 12.5. The topological polar surface area (TPSA) is 123 Å². The number of fused-ring (bicyclic) bond motifs is 1. The molecule has 11 heteroatoms. The van der Waals surface area contributed by atoms with Gasteiger partial charge < -0.3 is 14.2 Å². The SMILES string of the molecule is Cc1noc(-c2c(NS(=O)(=O)c3cnc[nH]3)sc3c2CCOC3)n1. The van der Waals surface area contributed by atoms with E-state index in [1.165, 1.54) is 23.9 Å². The van der Waals surface area contributed by atoms with Gasteiger partial charge in [0.15, 0.2) is 10.9 Å². The summed E-state index contributed by atoms with van der Waals surface area (Å²) in [6.07, 6.45) is 3.22. The van der Waals surface area contributed by atoms with E-state index in [9.17, 15) is 8.42 Å². The first-order valence-electron chi connectivity index (χ1n) is 7.09. The van der Waals surface area contributed by atoms with Crippen molar-refractivity contribution in [3.05, 3.63) is 28.8 Å². The zero-order valence-electron chi connectivity index (χ0n) is 12.6. The molecule has 0 aromatic carbocycles. The quantitative estimate of drug-likeness (QED) is 0.719. The Morgan fingerprint density at radius 3 is 3.00 bits per heavy atom. The minimum Gasteiger partial charge on any atom is -0.376 e. The van der Waals surface area contributed by atoms with E-state index in [-0.39, 0.29) is 5.03 Å². The highest BCUT2D eigenvalue weighted by atomic mass is 32.2. The minimum atomic E-state index is -3.78. The lowest BCUT2D eigenvalue weighted by molar-refractivity contribution is 0.113. The van der Waals surface area contributed by atoms with Gasteiger partial charge in [-0.05, 0) is 18.9 Å². The van der Waals surface area contributed by atoms with Gasteiger partial charge in [0.05, 0.1) is 31.3 Å². The number of ether oxygens (including phenoxy) is 1. The summed E-state index contributed by atoms with van der Waals surface area (Å²) in [6, 6.07) is 0. The number of aromatic nitrogens is 4. The maximum Gasteiger partial charge on any atom is 0.279 e. The Morgan fingerprint density at radius 1 is 1.42 bits per heavy atom. The average Bonchev–Trinajstić information content (AvgIpc) is 3.25. The fourth-order valence-corrected chi connectivity index (χ4v) is 4.88. The highest BCUT2D eigenvalue weighted by molar-refractivity contribution is 7.92. The molecule has 9 nitrogen and oxygen atoms in total. The highest BCUT2D eigenvalue weighted by Gasteiger charge is 2.28. The maximum absolute atomic E-state index is 12.5. The average molecular weight is 367 g/mol. The van der Waals surface area contributed by atoms with Crippen molar-refractivity contribution < 1.29 is 17.7 Å². The predicted molar refractivity (Wildman–Crippen MR) is 85.1 cm³/mol. The lowest BCUT2D eigenvalue weighted by atomic mass is 10.1. The van der Waals surface area contributed by atoms with E-state index in [4.69, 9.17) is 9.26 Å². The molecule has 1 aliphatic rings. The number of aryl methyl sites for hydroxylation is 1. The zero-order valence-corrected chi connectivity index (χ0v) is 14.2. The smallest absolute Gasteiger partial charge is 0.279 e. The number of anilines is 1. The van der Waals surface area contributed by atoms with Gasteiger partial charge in [-0.25, -0.2) is 4.98 Å². The molecule has 0 saturated heterocycles. The summed E-state index contributed by atoms with van der Waals surface area (Å²) in [5.74, 6) is 0.786. The number of nitrogens with one attached hydrogen (secondary N) is 2. The number of aromatic amines is 1. The second kappa shape index (κ2) is 5.69. The standard InChI is InChI=1S/C13H13N5O4S2/c1-7-16-12(22-17-7)11-8-2-3-21-5-9(8)23-13(11)18-24(19,20)10-4-14-6-15-10/h4,6,18H,2-3,5H2,1H3,(H,14,15). The molecule has 126 valence electrons. The van der Waals surface area contributed by atoms with E-state index in [1.54, 1.807) is 6.92 Å². The summed E-state index contributed by atoms with van der Waals surface area (Å²) >= 11 is 1.31. The second-order valence-corrected chi connectivity index (χ2v) is 7.93. The Labute approximate surface area is 141 Å². The van der Waals surface area contributed by atoms with Gasteiger partial charge >= 0.3 is 0 Å². The van der Waals surface area contributed by atoms with Crippen molar-refractivity contribution in [1.82, 2.24) is 20.1 Å². The Kier molecular flexibility index (Phi) is 3.62. The number of rotatable bonds is 4. The molecule has 0 spiro atoms. The van der Waals surface area contributed by atoms with E-state index in [2.05, 4.69) is 24.8 Å². The number of nitrogens with zero attached hydrogens (tertiary/aromatic N) is 3. The molecule has 0 amide bonds. The zero-order chi connectivity index (χ0) is 16.7. The molecule has 0 radical (unpaired) electrons. The number of hydrogen-bond donors (Lipinski definition) is 2. The molecule has 24 heavy (non-hydrogen) atoms. The third-order valence-corrected chi connectivity index (χ3v) is 6.08. The molecule has 0 fully saturated rings. The molecular formula is C13H13N5O4S2. The molecule has 3 aromatic heterocycles. The van der Waals surface area contributed by atoms with E-state index in [1.807, 2.05) is 0 Å². The van der Waals surface area contributed by atoms with Gasteiger partial charge in [0.2, 0.25) is 0 Å². The highest BCUT2D eigenvalue weighted by Crippen LogP contribution is 2.43. The lowest BCUT2D eigenvalue weighted by Gasteiger charge is -2.12. The lowest BCUT2D eigenvalue weighted by Crippen LogP contribution is -2.13. The van der Waals surface area contributed by atoms with Crippen molar-refractivity contribution in [3.63, 3.8) is 0 Å². The van der Waals surface area contributed by atoms with Crippen LogP contribution in [0.5, 0.6) is 0 Å². The molecular weight excluding hydrogens is 354 g/mol. The van der Waals surface area contributed by atoms with Crippen LogP contribution >= 0.6 is 11.3 Å². The molecule has 0 bridgehead atoms. The van der Waals surface area contributed by atoms with E-state index in [0.29, 0.717) is 41.9 Å². The number of sulfonamides is 1. The normalized spacial score (nSPS) is 14.5. The van der Waals surface area contributed by atoms with Gasteiger partial charge in [0.25, 0.3) is 15.9 Å². The van der Waals surface area contributed by atoms with Gasteiger partial charge in [-0.3, -0.25) is 4.72 Å². The van der Waals surface area contributed by atoms with Crippen molar-refractivity contribution in [2.24, 2.45) is 0 Å². The van der Waals surface area contributed by atoms with Gasteiger partial charge in [-0.1, -0.05) is 5.16 Å². The van der Waals surface area contributed by atoms with Crippen LogP contribution in [0, 0.1) is 6.92 Å². The monoisotopic (exact) mass is 367 g/mol. The van der Waals surface area contributed by atoms with Gasteiger partial charge in [-0.15, -0.1) is 11.3 Å². The van der Waals surface area contributed by atoms with Crippen LogP contribution in [0.15, 0.2) is 22.1 Å². The van der Waals surface area contributed by atoms with Crippen molar-refractivity contribution in [3.8, 4) is 11.5 Å². The van der Waals surface area contributed by atoms with Crippen molar-refractivity contribution in [1.29, 1.82) is 0 Å². The first kappa shape index (κ1) is 15.3. The van der Waals surface area contributed by atoms with E-state index >= 15 is 0 Å². The summed E-state index contributed by atoms with van der Waals surface area (Å²) < 4.78 is 38.3. The van der Waals surface area contributed by atoms with Gasteiger partial charge in [-0.2, -0.15) is 13.4 Å². The van der Waals surface area contributed by atoms with Crippen LogP contribution in [-0.2, 0) is 27.8 Å². The predicted octanol–water partition coefficient (Wildman–Crippen LogP) is 1.70. The first-order chi connectivity index (χ1) is 11.5. The van der Waals surface area contributed by atoms with Crippen LogP contribution in [0.4, 0.5) is 5.00 Å². The molecule has 4 rings (SSSR count). The summed E-state index contributed by atoms with van der Waals surface area (Å²) in [5, 5.41) is 4.22. The number of H-pyrrole nitrogens is 1. The van der Waals surface area contributed by atoms with Crippen molar-refractivity contribution in [2.45, 2.75) is 25.0 Å². The molecule has 2 N–H and O–H groups in total. The van der Waals surface area contributed by atoms with Crippen LogP contribution in [0.3, 0.4) is 0 Å². The molecule has 1 aliphatic heterocycles. The molecule has 3 aromatic rings. The molecule has 0 unspecified atom stereocenters. The fraction of sp³-hybridized carbons (Fsp3) is 0.308. The van der Waals surface area contributed by atoms with Crippen LogP contribution in [-0.4, -0.2) is 35.1 Å². The van der Waals surface area contributed by atoms with Gasteiger partial charge in [0.1, 0.15) is 5.00 Å². The Morgan fingerprint density at radius 2 is 2.29 bits per heavy atom. The molecule has 4 heterocycles. The second-order valence-electron chi connectivity index (χ2n) is 5.18. The molecule has 0 saturated carbocycles. The molecule has 0 aliphatic carbocycles. The third-order valence-electron chi connectivity index (χ3n) is 3.55. The Bertz CT molecular complexity index is 974. The Hall–Kier alpha value is -2.24. The summed E-state index contributed by atoms with van der Waals surface area (Å²) in [7, 11) is -3.78. The van der Waals surface area contributed by atoms with Crippen LogP contribution in [0.1, 0.15) is 16.3 Å². The number of imidazole rings is 1.